The third kappa shape index (κ3) is 6.88. The first-order chi connectivity index (χ1) is 14.2. The molecule has 0 radical (unpaired) electrons. The van der Waals surface area contributed by atoms with Crippen molar-refractivity contribution < 1.29 is 9.47 Å². The maximum absolute atomic E-state index is 5.98. The number of halogens is 1. The van der Waals surface area contributed by atoms with Crippen molar-refractivity contribution in [3.05, 3.63) is 65.2 Å². The van der Waals surface area contributed by atoms with Crippen molar-refractivity contribution in [3.8, 4) is 22.1 Å². The molecule has 160 valence electrons. The van der Waals surface area contributed by atoms with Gasteiger partial charge in [-0.25, -0.2) is 4.98 Å². The molecular formula is C22H27IN4O2S. The van der Waals surface area contributed by atoms with Gasteiger partial charge in [0.25, 0.3) is 0 Å². The number of aromatic nitrogens is 1. The van der Waals surface area contributed by atoms with E-state index >= 15 is 0 Å². The Balaban J connectivity index is 0.00000320. The zero-order valence-corrected chi connectivity index (χ0v) is 20.3. The average molecular weight is 538 g/mol. The maximum Gasteiger partial charge on any atom is 0.188 e. The van der Waals surface area contributed by atoms with Crippen LogP contribution in [0, 0.1) is 0 Å². The van der Waals surface area contributed by atoms with Crippen molar-refractivity contribution in [3.63, 3.8) is 0 Å². The molecule has 1 heterocycles. The van der Waals surface area contributed by atoms with Gasteiger partial charge in [0.2, 0.25) is 0 Å². The molecule has 0 aliphatic carbocycles. The molecule has 0 fully saturated rings. The van der Waals surface area contributed by atoms with E-state index in [2.05, 4.69) is 32.8 Å². The van der Waals surface area contributed by atoms with Gasteiger partial charge < -0.3 is 20.5 Å². The second-order valence-electron chi connectivity index (χ2n) is 6.39. The topological polar surface area (TPSA) is 81.8 Å². The van der Waals surface area contributed by atoms with Crippen LogP contribution in [0.15, 0.2) is 58.9 Å². The number of hydrogen-bond donors (Lipinski definition) is 2. The Morgan fingerprint density at radius 1 is 1.07 bits per heavy atom. The van der Waals surface area contributed by atoms with Crippen molar-refractivity contribution in [2.45, 2.75) is 12.8 Å². The summed E-state index contributed by atoms with van der Waals surface area (Å²) in [6.07, 6.45) is 1.57. The fourth-order valence-electron chi connectivity index (χ4n) is 2.85. The Morgan fingerprint density at radius 3 is 2.57 bits per heavy atom. The number of benzene rings is 2. The first kappa shape index (κ1) is 23.9. The lowest BCUT2D eigenvalue weighted by Crippen LogP contribution is -2.33. The zero-order valence-electron chi connectivity index (χ0n) is 17.1. The van der Waals surface area contributed by atoms with E-state index in [0.29, 0.717) is 19.0 Å². The van der Waals surface area contributed by atoms with Gasteiger partial charge >= 0.3 is 0 Å². The molecule has 2 aromatic carbocycles. The van der Waals surface area contributed by atoms with Crippen LogP contribution in [0.2, 0.25) is 0 Å². The number of nitrogens with one attached hydrogen (secondary N) is 1. The van der Waals surface area contributed by atoms with E-state index in [9.17, 15) is 0 Å². The molecule has 0 saturated heterocycles. The highest BCUT2D eigenvalue weighted by molar-refractivity contribution is 14.0. The SMILES string of the molecule is COc1ccc(CCNC(N)=NCCc2csc(-c3ccccc3)n2)cc1OC.I. The number of guanidine groups is 1. The predicted molar refractivity (Wildman–Crippen MR) is 134 cm³/mol. The molecule has 3 rings (SSSR count). The zero-order chi connectivity index (χ0) is 20.5. The highest BCUT2D eigenvalue weighted by Crippen LogP contribution is 2.27. The monoisotopic (exact) mass is 538 g/mol. The lowest BCUT2D eigenvalue weighted by molar-refractivity contribution is 0.354. The molecule has 1 aromatic heterocycles. The lowest BCUT2D eigenvalue weighted by atomic mass is 10.1. The summed E-state index contributed by atoms with van der Waals surface area (Å²) in [6, 6.07) is 16.1. The molecule has 3 aromatic rings. The summed E-state index contributed by atoms with van der Waals surface area (Å²) < 4.78 is 10.6. The van der Waals surface area contributed by atoms with Gasteiger partial charge in [0.1, 0.15) is 5.01 Å². The number of nitrogens with zero attached hydrogens (tertiary/aromatic N) is 2. The Bertz CT molecular complexity index is 947. The fourth-order valence-corrected chi connectivity index (χ4v) is 3.71. The van der Waals surface area contributed by atoms with Crippen LogP contribution in [-0.4, -0.2) is 38.3 Å². The first-order valence-electron chi connectivity index (χ1n) is 9.44. The third-order valence-electron chi connectivity index (χ3n) is 4.39. The fraction of sp³-hybridized carbons (Fsp3) is 0.273. The van der Waals surface area contributed by atoms with E-state index in [0.717, 1.165) is 46.2 Å². The summed E-state index contributed by atoms with van der Waals surface area (Å²) in [5.41, 5.74) is 9.29. The van der Waals surface area contributed by atoms with Crippen LogP contribution in [0.1, 0.15) is 11.3 Å². The molecule has 0 amide bonds. The summed E-state index contributed by atoms with van der Waals surface area (Å²) in [4.78, 5) is 9.07. The van der Waals surface area contributed by atoms with Gasteiger partial charge in [0.15, 0.2) is 17.5 Å². The molecule has 3 N–H and O–H groups in total. The molecule has 8 heteroatoms. The molecule has 0 bridgehead atoms. The van der Waals surface area contributed by atoms with E-state index in [1.54, 1.807) is 25.6 Å². The van der Waals surface area contributed by atoms with Gasteiger partial charge in [-0.1, -0.05) is 36.4 Å². The van der Waals surface area contributed by atoms with Gasteiger partial charge in [0.05, 0.1) is 19.9 Å². The largest absolute Gasteiger partial charge is 0.493 e. The second kappa shape index (κ2) is 12.4. The van der Waals surface area contributed by atoms with Gasteiger partial charge in [0, 0.05) is 30.5 Å². The summed E-state index contributed by atoms with van der Waals surface area (Å²) in [7, 11) is 3.26. The maximum atomic E-state index is 5.98. The highest BCUT2D eigenvalue weighted by atomic mass is 127. The summed E-state index contributed by atoms with van der Waals surface area (Å²) in [5, 5.41) is 6.27. The molecule has 0 spiro atoms. The standard InChI is InChI=1S/C22H26N4O2S.HI/c1-27-19-9-8-16(14-20(19)28-2)10-12-24-22(23)25-13-11-18-15-29-21(26-18)17-6-4-3-5-7-17;/h3-9,14-15H,10-13H2,1-2H3,(H3,23,24,25);1H. The van der Waals surface area contributed by atoms with Crippen LogP contribution in [-0.2, 0) is 12.8 Å². The van der Waals surface area contributed by atoms with Crippen molar-refractivity contribution in [1.82, 2.24) is 10.3 Å². The third-order valence-corrected chi connectivity index (χ3v) is 5.33. The van der Waals surface area contributed by atoms with Crippen molar-refractivity contribution in [2.75, 3.05) is 27.3 Å². The highest BCUT2D eigenvalue weighted by Gasteiger charge is 2.05. The van der Waals surface area contributed by atoms with E-state index in [4.69, 9.17) is 15.2 Å². The smallest absolute Gasteiger partial charge is 0.188 e. The molecule has 6 nitrogen and oxygen atoms in total. The Labute approximate surface area is 198 Å². The minimum atomic E-state index is 0. The minimum absolute atomic E-state index is 0. The Morgan fingerprint density at radius 2 is 1.83 bits per heavy atom. The quantitative estimate of drug-likeness (QED) is 0.243. The van der Waals surface area contributed by atoms with Crippen molar-refractivity contribution in [2.24, 2.45) is 10.7 Å². The number of hydrogen-bond acceptors (Lipinski definition) is 5. The van der Waals surface area contributed by atoms with Gasteiger partial charge in [-0.15, -0.1) is 35.3 Å². The summed E-state index contributed by atoms with van der Waals surface area (Å²) in [5.74, 6) is 1.90. The van der Waals surface area contributed by atoms with Crippen molar-refractivity contribution >= 4 is 41.3 Å². The van der Waals surface area contributed by atoms with Gasteiger partial charge in [-0.2, -0.15) is 0 Å². The van der Waals surface area contributed by atoms with Crippen LogP contribution in [0.4, 0.5) is 0 Å². The van der Waals surface area contributed by atoms with Gasteiger partial charge in [-0.3, -0.25) is 4.99 Å². The van der Waals surface area contributed by atoms with E-state index in [-0.39, 0.29) is 24.0 Å². The molecule has 0 aliphatic heterocycles. The Hall–Kier alpha value is -2.33. The number of thiazole rings is 1. The minimum Gasteiger partial charge on any atom is -0.493 e. The molecule has 0 atom stereocenters. The first-order valence-corrected chi connectivity index (χ1v) is 10.3. The number of nitrogens with two attached hydrogens (primary N) is 1. The summed E-state index contributed by atoms with van der Waals surface area (Å²) >= 11 is 1.65. The van der Waals surface area contributed by atoms with E-state index < -0.39 is 0 Å². The molecule has 0 aliphatic rings. The van der Waals surface area contributed by atoms with Crippen LogP contribution >= 0.6 is 35.3 Å². The number of aliphatic imine (C=N–C) groups is 1. The lowest BCUT2D eigenvalue weighted by Gasteiger charge is -2.10. The Kier molecular flexibility index (Phi) is 9.88. The second-order valence-corrected chi connectivity index (χ2v) is 7.25. The predicted octanol–water partition coefficient (Wildman–Crippen LogP) is 4.13. The van der Waals surface area contributed by atoms with E-state index in [1.165, 1.54) is 0 Å². The van der Waals surface area contributed by atoms with E-state index in [1.807, 2.05) is 36.4 Å². The number of methoxy groups -OCH3 is 2. The summed E-state index contributed by atoms with van der Waals surface area (Å²) in [6.45, 7) is 1.30. The number of rotatable bonds is 9. The van der Waals surface area contributed by atoms with Crippen LogP contribution < -0.4 is 20.5 Å². The molecule has 0 saturated carbocycles. The number of ether oxygens (including phenoxy) is 2. The van der Waals surface area contributed by atoms with Crippen LogP contribution in [0.25, 0.3) is 10.6 Å². The average Bonchev–Trinajstić information content (AvgIpc) is 3.23. The molecular weight excluding hydrogens is 511 g/mol. The van der Waals surface area contributed by atoms with Crippen LogP contribution in [0.3, 0.4) is 0 Å². The van der Waals surface area contributed by atoms with Gasteiger partial charge in [-0.05, 0) is 24.1 Å². The molecule has 30 heavy (non-hydrogen) atoms. The normalized spacial score (nSPS) is 10.9. The molecule has 0 unspecified atom stereocenters. The van der Waals surface area contributed by atoms with Crippen molar-refractivity contribution in [1.29, 1.82) is 0 Å². The van der Waals surface area contributed by atoms with Crippen LogP contribution in [0.5, 0.6) is 11.5 Å².